The number of hydrogen-bond acceptors (Lipinski definition) is 4. The van der Waals surface area contributed by atoms with Crippen LogP contribution in [-0.2, 0) is 4.74 Å². The fraction of sp³-hybridized carbons (Fsp3) is 0.100. The van der Waals surface area contributed by atoms with E-state index in [-0.39, 0.29) is 5.56 Å². The lowest BCUT2D eigenvalue weighted by molar-refractivity contribution is 0.0601. The molecule has 0 amide bonds. The van der Waals surface area contributed by atoms with Crippen molar-refractivity contribution >= 4 is 16.9 Å². The van der Waals surface area contributed by atoms with Crippen molar-refractivity contribution in [2.45, 2.75) is 0 Å². The van der Waals surface area contributed by atoms with Gasteiger partial charge in [0.15, 0.2) is 0 Å². The zero-order chi connectivity index (χ0) is 11.7. The lowest BCUT2D eigenvalue weighted by Crippen LogP contribution is -2.22. The Labute approximate surface area is 88.9 Å². The Morgan fingerprint density at radius 3 is 2.69 bits per heavy atom. The number of aromatic amines is 2. The number of carbonyl (C=O) groups is 1. The third kappa shape index (κ3) is 1.60. The first-order valence-electron chi connectivity index (χ1n) is 4.46. The summed E-state index contributed by atoms with van der Waals surface area (Å²) in [6.45, 7) is 0. The first-order chi connectivity index (χ1) is 7.61. The van der Waals surface area contributed by atoms with E-state index < -0.39 is 17.2 Å². The van der Waals surface area contributed by atoms with E-state index >= 15 is 0 Å². The number of ether oxygens (including phenoxy) is 1. The summed E-state index contributed by atoms with van der Waals surface area (Å²) in [6, 6.07) is 4.32. The molecule has 0 bridgehead atoms. The van der Waals surface area contributed by atoms with Gasteiger partial charge in [-0.05, 0) is 18.2 Å². The summed E-state index contributed by atoms with van der Waals surface area (Å²) in [7, 11) is 1.26. The molecule has 0 unspecified atom stereocenters. The van der Waals surface area contributed by atoms with Crippen molar-refractivity contribution in [2.75, 3.05) is 7.11 Å². The van der Waals surface area contributed by atoms with Crippen LogP contribution in [0.15, 0.2) is 27.8 Å². The zero-order valence-electron chi connectivity index (χ0n) is 8.37. The van der Waals surface area contributed by atoms with Crippen LogP contribution in [0.4, 0.5) is 0 Å². The van der Waals surface area contributed by atoms with E-state index in [2.05, 4.69) is 14.7 Å². The van der Waals surface area contributed by atoms with Crippen molar-refractivity contribution in [3.8, 4) is 0 Å². The highest BCUT2D eigenvalue weighted by atomic mass is 16.5. The fourth-order valence-electron chi connectivity index (χ4n) is 1.41. The molecular weight excluding hydrogens is 212 g/mol. The molecule has 0 saturated carbocycles. The molecule has 1 aromatic heterocycles. The van der Waals surface area contributed by atoms with Crippen molar-refractivity contribution in [2.24, 2.45) is 0 Å². The van der Waals surface area contributed by atoms with Crippen LogP contribution in [-0.4, -0.2) is 23.0 Å². The van der Waals surface area contributed by atoms with E-state index in [9.17, 15) is 14.4 Å². The van der Waals surface area contributed by atoms with Crippen molar-refractivity contribution < 1.29 is 9.53 Å². The van der Waals surface area contributed by atoms with Gasteiger partial charge in [-0.25, -0.2) is 9.59 Å². The SMILES string of the molecule is COC(=O)c1ccc2c(=O)[nH]c(=O)[nH]c2c1. The van der Waals surface area contributed by atoms with Crippen LogP contribution in [0.2, 0.25) is 0 Å². The maximum absolute atomic E-state index is 11.4. The summed E-state index contributed by atoms with van der Waals surface area (Å²) in [5.74, 6) is -0.525. The molecule has 6 heteroatoms. The molecular formula is C10H8N2O4. The minimum absolute atomic E-state index is 0.274. The Morgan fingerprint density at radius 1 is 1.25 bits per heavy atom. The summed E-state index contributed by atoms with van der Waals surface area (Å²) in [4.78, 5) is 38.1. The van der Waals surface area contributed by atoms with E-state index in [0.29, 0.717) is 10.9 Å². The average Bonchev–Trinajstić information content (AvgIpc) is 2.27. The van der Waals surface area contributed by atoms with Gasteiger partial charge in [-0.2, -0.15) is 0 Å². The van der Waals surface area contributed by atoms with Gasteiger partial charge in [0.05, 0.1) is 23.6 Å². The first-order valence-corrected chi connectivity index (χ1v) is 4.46. The molecule has 2 rings (SSSR count). The van der Waals surface area contributed by atoms with E-state index in [0.717, 1.165) is 0 Å². The number of H-pyrrole nitrogens is 2. The molecule has 0 radical (unpaired) electrons. The normalized spacial score (nSPS) is 10.3. The number of fused-ring (bicyclic) bond motifs is 1. The Morgan fingerprint density at radius 2 is 2.00 bits per heavy atom. The molecule has 0 saturated heterocycles. The monoisotopic (exact) mass is 220 g/mol. The smallest absolute Gasteiger partial charge is 0.337 e. The molecule has 0 atom stereocenters. The summed E-state index contributed by atoms with van der Waals surface area (Å²) in [5, 5.41) is 0.312. The van der Waals surface area contributed by atoms with Crippen molar-refractivity contribution in [1.29, 1.82) is 0 Å². The van der Waals surface area contributed by atoms with Gasteiger partial charge < -0.3 is 9.72 Å². The highest BCUT2D eigenvalue weighted by Crippen LogP contribution is 2.09. The summed E-state index contributed by atoms with van der Waals surface area (Å²) >= 11 is 0. The molecule has 6 nitrogen and oxygen atoms in total. The van der Waals surface area contributed by atoms with Crippen molar-refractivity contribution in [3.05, 3.63) is 44.6 Å². The Kier molecular flexibility index (Phi) is 2.32. The average molecular weight is 220 g/mol. The molecule has 0 aliphatic carbocycles. The molecule has 0 spiro atoms. The maximum Gasteiger partial charge on any atom is 0.337 e. The zero-order valence-corrected chi connectivity index (χ0v) is 8.37. The number of nitrogens with one attached hydrogen (secondary N) is 2. The highest BCUT2D eigenvalue weighted by Gasteiger charge is 2.07. The first kappa shape index (κ1) is 10.2. The van der Waals surface area contributed by atoms with Crippen LogP contribution in [0.5, 0.6) is 0 Å². The molecule has 1 aromatic carbocycles. The van der Waals surface area contributed by atoms with Gasteiger partial charge in [-0.1, -0.05) is 0 Å². The molecule has 82 valence electrons. The molecule has 0 aliphatic heterocycles. The van der Waals surface area contributed by atoms with Gasteiger partial charge in [0, 0.05) is 0 Å². The number of hydrogen-bond donors (Lipinski definition) is 2. The van der Waals surface area contributed by atoms with Gasteiger partial charge in [-0.15, -0.1) is 0 Å². The molecule has 0 aliphatic rings. The number of aromatic nitrogens is 2. The molecule has 16 heavy (non-hydrogen) atoms. The van der Waals surface area contributed by atoms with Crippen molar-refractivity contribution in [3.63, 3.8) is 0 Å². The van der Waals surface area contributed by atoms with Crippen LogP contribution >= 0.6 is 0 Å². The van der Waals surface area contributed by atoms with Gasteiger partial charge in [-0.3, -0.25) is 9.78 Å². The summed E-state index contributed by atoms with van der Waals surface area (Å²) < 4.78 is 4.53. The minimum Gasteiger partial charge on any atom is -0.465 e. The number of rotatable bonds is 1. The third-order valence-electron chi connectivity index (χ3n) is 2.16. The second-order valence-corrected chi connectivity index (χ2v) is 3.16. The minimum atomic E-state index is -0.612. The lowest BCUT2D eigenvalue weighted by Gasteiger charge is -2.00. The molecule has 0 fully saturated rings. The Hall–Kier alpha value is -2.37. The van der Waals surface area contributed by atoms with E-state index in [1.165, 1.54) is 25.3 Å². The fourth-order valence-corrected chi connectivity index (χ4v) is 1.41. The van der Waals surface area contributed by atoms with Crippen molar-refractivity contribution in [1.82, 2.24) is 9.97 Å². The van der Waals surface area contributed by atoms with Gasteiger partial charge in [0.25, 0.3) is 5.56 Å². The standard InChI is InChI=1S/C10H8N2O4/c1-16-9(14)5-2-3-6-7(4-5)11-10(15)12-8(6)13/h2-4H,1H3,(H2,11,12,13,15). The van der Waals surface area contributed by atoms with Crippen LogP contribution in [0.3, 0.4) is 0 Å². The van der Waals surface area contributed by atoms with Gasteiger partial charge >= 0.3 is 11.7 Å². The van der Waals surface area contributed by atoms with E-state index in [4.69, 9.17) is 0 Å². The second kappa shape index (κ2) is 3.65. The summed E-state index contributed by atoms with van der Waals surface area (Å²) in [6.07, 6.45) is 0. The number of benzene rings is 1. The van der Waals surface area contributed by atoms with Crippen LogP contribution in [0.25, 0.3) is 10.9 Å². The highest BCUT2D eigenvalue weighted by molar-refractivity contribution is 5.93. The lowest BCUT2D eigenvalue weighted by atomic mass is 10.1. The van der Waals surface area contributed by atoms with Crippen LogP contribution in [0, 0.1) is 0 Å². The van der Waals surface area contributed by atoms with E-state index in [1.807, 2.05) is 0 Å². The summed E-state index contributed by atoms with van der Waals surface area (Å²) in [5.41, 5.74) is -0.525. The largest absolute Gasteiger partial charge is 0.465 e. The topological polar surface area (TPSA) is 92.0 Å². The Balaban J connectivity index is 2.76. The Bertz CT molecular complexity index is 668. The van der Waals surface area contributed by atoms with Crippen LogP contribution in [0.1, 0.15) is 10.4 Å². The number of methoxy groups -OCH3 is 1. The molecule has 2 aromatic rings. The second-order valence-electron chi connectivity index (χ2n) is 3.16. The van der Waals surface area contributed by atoms with Gasteiger partial charge in [0.1, 0.15) is 0 Å². The number of esters is 1. The van der Waals surface area contributed by atoms with Crippen LogP contribution < -0.4 is 11.2 Å². The van der Waals surface area contributed by atoms with Gasteiger partial charge in [0.2, 0.25) is 0 Å². The molecule has 2 N–H and O–H groups in total. The predicted molar refractivity (Wildman–Crippen MR) is 56.5 cm³/mol. The maximum atomic E-state index is 11.4. The molecule has 1 heterocycles. The third-order valence-corrected chi connectivity index (χ3v) is 2.16. The predicted octanol–water partition coefficient (Wildman–Crippen LogP) is 0.00300. The van der Waals surface area contributed by atoms with E-state index in [1.54, 1.807) is 0 Å². The number of carbonyl (C=O) groups excluding carboxylic acids is 1. The quantitative estimate of drug-likeness (QED) is 0.662.